The third-order valence-corrected chi connectivity index (χ3v) is 6.22. The monoisotopic (exact) mass is 493 g/mol. The van der Waals surface area contributed by atoms with Crippen LogP contribution in [-0.4, -0.2) is 37.5 Å². The van der Waals surface area contributed by atoms with Crippen molar-refractivity contribution in [3.05, 3.63) is 29.6 Å². The average molecular weight is 493 g/mol. The molecule has 26 heavy (non-hydrogen) atoms. The van der Waals surface area contributed by atoms with Gasteiger partial charge in [-0.1, -0.05) is 13.8 Å². The molecule has 7 heteroatoms. The van der Waals surface area contributed by atoms with Crippen molar-refractivity contribution in [2.24, 2.45) is 16.3 Å². The van der Waals surface area contributed by atoms with Gasteiger partial charge in [-0.2, -0.15) is 0 Å². The first-order valence-corrected chi connectivity index (χ1v) is 10.2. The highest BCUT2D eigenvalue weighted by Gasteiger charge is 2.59. The number of rotatable bonds is 5. The molecular formula is C19H29FIN3OS. The molecule has 4 nitrogen and oxygen atoms in total. The molecule has 2 aliphatic rings. The van der Waals surface area contributed by atoms with Gasteiger partial charge in [0.1, 0.15) is 5.82 Å². The van der Waals surface area contributed by atoms with Gasteiger partial charge in [0.05, 0.1) is 12.6 Å². The van der Waals surface area contributed by atoms with Crippen molar-refractivity contribution in [3.8, 4) is 0 Å². The van der Waals surface area contributed by atoms with E-state index in [0.29, 0.717) is 24.6 Å². The summed E-state index contributed by atoms with van der Waals surface area (Å²) in [5.74, 6) is 1.13. The molecule has 146 valence electrons. The molecule has 3 unspecified atom stereocenters. The Labute approximate surface area is 177 Å². The van der Waals surface area contributed by atoms with Crippen LogP contribution < -0.4 is 10.6 Å². The number of hydrogen-bond donors (Lipinski definition) is 2. The largest absolute Gasteiger partial charge is 0.377 e. The van der Waals surface area contributed by atoms with Crippen molar-refractivity contribution in [3.63, 3.8) is 0 Å². The predicted octanol–water partition coefficient (Wildman–Crippen LogP) is 4.03. The number of aliphatic imine (C=N–C) groups is 1. The van der Waals surface area contributed by atoms with Crippen LogP contribution in [0, 0.1) is 17.2 Å². The predicted molar refractivity (Wildman–Crippen MR) is 117 cm³/mol. The summed E-state index contributed by atoms with van der Waals surface area (Å²) in [7, 11) is 0. The van der Waals surface area contributed by atoms with Crippen LogP contribution in [0.2, 0.25) is 0 Å². The molecule has 2 fully saturated rings. The minimum Gasteiger partial charge on any atom is -0.377 e. The summed E-state index contributed by atoms with van der Waals surface area (Å²) < 4.78 is 19.4. The summed E-state index contributed by atoms with van der Waals surface area (Å²) in [6.45, 7) is 8.66. The zero-order chi connectivity index (χ0) is 18.0. The van der Waals surface area contributed by atoms with E-state index in [1.54, 1.807) is 17.8 Å². The van der Waals surface area contributed by atoms with Crippen LogP contribution in [0.15, 0.2) is 28.1 Å². The second-order valence-corrected chi connectivity index (χ2v) is 8.19. The van der Waals surface area contributed by atoms with Crippen molar-refractivity contribution in [2.45, 2.75) is 50.8 Å². The quantitative estimate of drug-likeness (QED) is 0.282. The molecule has 1 aliphatic carbocycles. The highest BCUT2D eigenvalue weighted by molar-refractivity contribution is 14.0. The Morgan fingerprint density at radius 1 is 1.42 bits per heavy atom. The topological polar surface area (TPSA) is 45.7 Å². The Kier molecular flexibility index (Phi) is 7.62. The van der Waals surface area contributed by atoms with Gasteiger partial charge in [0.15, 0.2) is 5.96 Å². The lowest BCUT2D eigenvalue weighted by Crippen LogP contribution is -2.67. The van der Waals surface area contributed by atoms with Gasteiger partial charge < -0.3 is 15.4 Å². The lowest BCUT2D eigenvalue weighted by atomic mass is 9.57. The van der Waals surface area contributed by atoms with Crippen molar-refractivity contribution in [1.82, 2.24) is 10.6 Å². The Bertz CT molecular complexity index is 656. The first-order chi connectivity index (χ1) is 12.0. The molecule has 2 N–H and O–H groups in total. The summed E-state index contributed by atoms with van der Waals surface area (Å²) in [4.78, 5) is 5.77. The molecular weight excluding hydrogens is 464 g/mol. The van der Waals surface area contributed by atoms with Crippen LogP contribution in [-0.2, 0) is 11.3 Å². The maximum absolute atomic E-state index is 13.6. The lowest BCUT2D eigenvalue weighted by molar-refractivity contribution is -0.106. The number of guanidine groups is 1. The fourth-order valence-corrected chi connectivity index (χ4v) is 4.71. The number of halogens is 2. The number of benzene rings is 1. The zero-order valence-electron chi connectivity index (χ0n) is 15.8. The van der Waals surface area contributed by atoms with Gasteiger partial charge >= 0.3 is 0 Å². The van der Waals surface area contributed by atoms with Crippen molar-refractivity contribution in [1.29, 1.82) is 0 Å². The summed E-state index contributed by atoms with van der Waals surface area (Å²) in [6.07, 6.45) is 3.45. The average Bonchev–Trinajstić information content (AvgIpc) is 3.04. The summed E-state index contributed by atoms with van der Waals surface area (Å²) in [5, 5.41) is 6.92. The number of ether oxygens (including phenoxy) is 1. The van der Waals surface area contributed by atoms with Crippen molar-refractivity contribution < 1.29 is 9.13 Å². The second-order valence-electron chi connectivity index (χ2n) is 7.34. The highest BCUT2D eigenvalue weighted by Crippen LogP contribution is 2.52. The molecule has 0 aromatic heterocycles. The van der Waals surface area contributed by atoms with E-state index in [4.69, 9.17) is 9.73 Å². The van der Waals surface area contributed by atoms with E-state index < -0.39 is 0 Å². The van der Waals surface area contributed by atoms with Gasteiger partial charge in [-0.3, -0.25) is 0 Å². The van der Waals surface area contributed by atoms with E-state index in [0.717, 1.165) is 36.0 Å². The molecule has 1 aromatic carbocycles. The minimum atomic E-state index is -0.216. The van der Waals surface area contributed by atoms with Crippen molar-refractivity contribution in [2.75, 3.05) is 19.4 Å². The highest BCUT2D eigenvalue weighted by atomic mass is 127. The maximum atomic E-state index is 13.6. The molecule has 1 saturated heterocycles. The van der Waals surface area contributed by atoms with Gasteiger partial charge in [0.2, 0.25) is 0 Å². The van der Waals surface area contributed by atoms with E-state index in [9.17, 15) is 4.39 Å². The lowest BCUT2D eigenvalue weighted by Gasteiger charge is -2.54. The summed E-state index contributed by atoms with van der Waals surface area (Å²) in [6, 6.07) is 5.25. The van der Waals surface area contributed by atoms with Crippen LogP contribution in [0.3, 0.4) is 0 Å². The Morgan fingerprint density at radius 2 is 2.19 bits per heavy atom. The number of nitrogens with one attached hydrogen (secondary N) is 2. The molecule has 0 radical (unpaired) electrons. The molecule has 1 heterocycles. The van der Waals surface area contributed by atoms with Crippen LogP contribution in [0.1, 0.15) is 32.8 Å². The molecule has 0 amide bonds. The van der Waals surface area contributed by atoms with Crippen molar-refractivity contribution >= 4 is 41.7 Å². The summed E-state index contributed by atoms with van der Waals surface area (Å²) >= 11 is 1.62. The number of thioether (sulfide) groups is 1. The Morgan fingerprint density at radius 3 is 2.88 bits per heavy atom. The van der Waals surface area contributed by atoms with E-state index in [-0.39, 0.29) is 35.2 Å². The third-order valence-electron chi connectivity index (χ3n) is 5.39. The molecule has 0 spiro atoms. The van der Waals surface area contributed by atoms with Gasteiger partial charge in [-0.25, -0.2) is 9.38 Å². The standard InChI is InChI=1S/C19H28FN3OS.HI/c1-5-21-18(22-11-12-10-13(20)6-7-15(12)25-4)23-16-14-8-9-24-17(14)19(16,2)3;/h6-7,10,14,16-17H,5,8-9,11H2,1-4H3,(H2,21,22,23);1H. The fourth-order valence-electron chi connectivity index (χ4n) is 4.12. The van der Waals surface area contributed by atoms with Gasteiger partial charge in [0, 0.05) is 35.4 Å². The fraction of sp³-hybridized carbons (Fsp3) is 0.632. The van der Waals surface area contributed by atoms with Gasteiger partial charge in [-0.05, 0) is 43.4 Å². The minimum absolute atomic E-state index is 0. The van der Waals surface area contributed by atoms with E-state index >= 15 is 0 Å². The van der Waals surface area contributed by atoms with Gasteiger partial charge in [0.25, 0.3) is 0 Å². The van der Waals surface area contributed by atoms with E-state index in [2.05, 4.69) is 31.4 Å². The molecule has 3 rings (SSSR count). The smallest absolute Gasteiger partial charge is 0.191 e. The Balaban J connectivity index is 0.00000243. The first kappa shape index (κ1) is 21.8. The molecule has 0 bridgehead atoms. The maximum Gasteiger partial charge on any atom is 0.191 e. The van der Waals surface area contributed by atoms with E-state index in [1.165, 1.54) is 6.07 Å². The zero-order valence-corrected chi connectivity index (χ0v) is 19.0. The van der Waals surface area contributed by atoms with Crippen LogP contribution in [0.25, 0.3) is 0 Å². The number of fused-ring (bicyclic) bond motifs is 1. The van der Waals surface area contributed by atoms with Gasteiger partial charge in [-0.15, -0.1) is 35.7 Å². The van der Waals surface area contributed by atoms with Crippen LogP contribution in [0.4, 0.5) is 4.39 Å². The summed E-state index contributed by atoms with van der Waals surface area (Å²) in [5.41, 5.74) is 1.01. The molecule has 1 saturated carbocycles. The number of nitrogens with zero attached hydrogens (tertiary/aromatic N) is 1. The van der Waals surface area contributed by atoms with E-state index in [1.807, 2.05) is 12.3 Å². The molecule has 1 aliphatic heterocycles. The molecule has 3 atom stereocenters. The second kappa shape index (κ2) is 9.10. The number of hydrogen-bond acceptors (Lipinski definition) is 3. The third kappa shape index (κ3) is 4.30. The van der Waals surface area contributed by atoms with Crippen LogP contribution >= 0.6 is 35.7 Å². The van der Waals surface area contributed by atoms with Crippen LogP contribution in [0.5, 0.6) is 0 Å². The molecule has 1 aromatic rings. The normalized spacial score (nSPS) is 26.5. The first-order valence-electron chi connectivity index (χ1n) is 8.96. The Hall–Kier alpha value is -0.540. The SMILES string of the molecule is CCNC(=NCc1cc(F)ccc1SC)NC1C2CCOC2C1(C)C.I.